The highest BCUT2D eigenvalue weighted by Crippen LogP contribution is 2.32. The van der Waals surface area contributed by atoms with Crippen molar-refractivity contribution in [2.24, 2.45) is 5.92 Å². The fraction of sp³-hybridized carbons (Fsp3) is 0.611. The third-order valence-corrected chi connectivity index (χ3v) is 4.68. The van der Waals surface area contributed by atoms with Gasteiger partial charge in [-0.3, -0.25) is 4.79 Å². The van der Waals surface area contributed by atoms with E-state index in [1.807, 2.05) is 6.07 Å². The number of hydrogen-bond donors (Lipinski definition) is 0. The molecule has 1 aromatic carbocycles. The van der Waals surface area contributed by atoms with Crippen LogP contribution in [0.3, 0.4) is 0 Å². The van der Waals surface area contributed by atoms with Crippen LogP contribution in [0, 0.1) is 5.92 Å². The van der Waals surface area contributed by atoms with E-state index in [4.69, 9.17) is 9.57 Å². The van der Waals surface area contributed by atoms with Crippen molar-refractivity contribution >= 4 is 5.91 Å². The van der Waals surface area contributed by atoms with E-state index in [9.17, 15) is 4.79 Å². The average molecular weight is 303 g/mol. The molecule has 2 aliphatic heterocycles. The lowest BCUT2D eigenvalue weighted by atomic mass is 9.86. The van der Waals surface area contributed by atoms with E-state index >= 15 is 0 Å². The molecular weight excluding hydrogens is 278 g/mol. The van der Waals surface area contributed by atoms with Gasteiger partial charge in [0.15, 0.2) is 6.29 Å². The van der Waals surface area contributed by atoms with Gasteiger partial charge >= 0.3 is 0 Å². The lowest BCUT2D eigenvalue weighted by Gasteiger charge is -2.45. The van der Waals surface area contributed by atoms with Gasteiger partial charge in [-0.25, -0.2) is 9.90 Å². The summed E-state index contributed by atoms with van der Waals surface area (Å²) < 4.78 is 5.54. The molecule has 0 saturated carbocycles. The monoisotopic (exact) mass is 303 g/mol. The predicted molar refractivity (Wildman–Crippen MR) is 83.9 cm³/mol. The molecule has 0 bridgehead atoms. The van der Waals surface area contributed by atoms with Crippen LogP contribution in [0.25, 0.3) is 0 Å². The maximum absolute atomic E-state index is 12.2. The fourth-order valence-corrected chi connectivity index (χ4v) is 3.26. The SMILES string of the molecule is C[C@H]1[C@@H](CCCc2ccccc2)C(=O)N1OC1CCCCO1. The molecule has 0 radical (unpaired) electrons. The van der Waals surface area contributed by atoms with Crippen molar-refractivity contribution in [1.29, 1.82) is 0 Å². The summed E-state index contributed by atoms with van der Waals surface area (Å²) in [5, 5.41) is 1.53. The van der Waals surface area contributed by atoms with Gasteiger partial charge in [0, 0.05) is 13.0 Å². The van der Waals surface area contributed by atoms with Gasteiger partial charge < -0.3 is 4.74 Å². The van der Waals surface area contributed by atoms with Crippen molar-refractivity contribution in [2.75, 3.05) is 6.61 Å². The molecule has 2 saturated heterocycles. The number of hydroxylamine groups is 2. The van der Waals surface area contributed by atoms with Crippen molar-refractivity contribution in [1.82, 2.24) is 5.06 Å². The van der Waals surface area contributed by atoms with E-state index in [0.29, 0.717) is 0 Å². The summed E-state index contributed by atoms with van der Waals surface area (Å²) in [6, 6.07) is 10.6. The van der Waals surface area contributed by atoms with Crippen molar-refractivity contribution in [3.8, 4) is 0 Å². The van der Waals surface area contributed by atoms with Crippen molar-refractivity contribution in [3.63, 3.8) is 0 Å². The molecule has 3 rings (SSSR count). The van der Waals surface area contributed by atoms with Crippen molar-refractivity contribution in [2.45, 2.75) is 57.8 Å². The summed E-state index contributed by atoms with van der Waals surface area (Å²) in [5.41, 5.74) is 1.34. The number of nitrogens with zero attached hydrogens (tertiary/aromatic N) is 1. The molecule has 3 atom stereocenters. The molecule has 0 aliphatic carbocycles. The third kappa shape index (κ3) is 3.50. The molecule has 4 heteroatoms. The summed E-state index contributed by atoms with van der Waals surface area (Å²) in [6.45, 7) is 2.80. The van der Waals surface area contributed by atoms with E-state index in [0.717, 1.165) is 45.1 Å². The van der Waals surface area contributed by atoms with Gasteiger partial charge in [0.2, 0.25) is 0 Å². The Labute approximate surface area is 132 Å². The first kappa shape index (κ1) is 15.5. The van der Waals surface area contributed by atoms with Crippen LogP contribution < -0.4 is 0 Å². The minimum Gasteiger partial charge on any atom is -0.350 e. The number of benzene rings is 1. The highest BCUT2D eigenvalue weighted by molar-refractivity contribution is 5.84. The molecule has 120 valence electrons. The lowest BCUT2D eigenvalue weighted by Crippen LogP contribution is -2.60. The number of ether oxygens (including phenoxy) is 1. The Kier molecular flexibility index (Phi) is 5.11. The van der Waals surface area contributed by atoms with Gasteiger partial charge in [0.25, 0.3) is 5.91 Å². The fourth-order valence-electron chi connectivity index (χ4n) is 3.26. The Balaban J connectivity index is 1.41. The zero-order valence-corrected chi connectivity index (χ0v) is 13.2. The summed E-state index contributed by atoms with van der Waals surface area (Å²) >= 11 is 0. The van der Waals surface area contributed by atoms with Gasteiger partial charge in [-0.05, 0) is 44.6 Å². The average Bonchev–Trinajstić information content (AvgIpc) is 2.58. The van der Waals surface area contributed by atoms with Gasteiger partial charge in [-0.2, -0.15) is 0 Å². The van der Waals surface area contributed by atoms with E-state index < -0.39 is 0 Å². The number of hydrogen-bond acceptors (Lipinski definition) is 3. The summed E-state index contributed by atoms with van der Waals surface area (Å²) in [6.07, 6.45) is 5.86. The smallest absolute Gasteiger partial charge is 0.251 e. The van der Waals surface area contributed by atoms with Crippen LogP contribution in [0.5, 0.6) is 0 Å². The van der Waals surface area contributed by atoms with E-state index in [-0.39, 0.29) is 24.2 Å². The van der Waals surface area contributed by atoms with Crippen molar-refractivity contribution < 1.29 is 14.4 Å². The molecule has 0 spiro atoms. The Hall–Kier alpha value is -1.39. The molecule has 1 amide bonds. The Morgan fingerprint density at radius 2 is 2.09 bits per heavy atom. The quantitative estimate of drug-likeness (QED) is 0.757. The highest BCUT2D eigenvalue weighted by Gasteiger charge is 2.46. The van der Waals surface area contributed by atoms with Crippen molar-refractivity contribution in [3.05, 3.63) is 35.9 Å². The van der Waals surface area contributed by atoms with E-state index in [2.05, 4.69) is 31.2 Å². The third-order valence-electron chi connectivity index (χ3n) is 4.68. The normalized spacial score (nSPS) is 28.5. The number of β-lactam (4-membered cyclic amide) rings is 1. The van der Waals surface area contributed by atoms with Crippen LogP contribution in [-0.2, 0) is 20.8 Å². The van der Waals surface area contributed by atoms with E-state index in [1.165, 1.54) is 10.6 Å². The Morgan fingerprint density at radius 1 is 1.27 bits per heavy atom. The Bertz CT molecular complexity index is 484. The zero-order valence-electron chi connectivity index (χ0n) is 13.2. The number of carbonyl (C=O) groups excluding carboxylic acids is 1. The minimum absolute atomic E-state index is 0.104. The lowest BCUT2D eigenvalue weighted by molar-refractivity contribution is -0.316. The Morgan fingerprint density at radius 3 is 2.77 bits per heavy atom. The van der Waals surface area contributed by atoms with Gasteiger partial charge in [0.1, 0.15) is 0 Å². The van der Waals surface area contributed by atoms with Crippen LogP contribution in [-0.4, -0.2) is 29.9 Å². The van der Waals surface area contributed by atoms with Crippen LogP contribution in [0.2, 0.25) is 0 Å². The maximum Gasteiger partial charge on any atom is 0.251 e. The van der Waals surface area contributed by atoms with Gasteiger partial charge in [-0.15, -0.1) is 0 Å². The number of amides is 1. The van der Waals surface area contributed by atoms with Gasteiger partial charge in [-0.1, -0.05) is 30.3 Å². The summed E-state index contributed by atoms with van der Waals surface area (Å²) in [4.78, 5) is 17.9. The van der Waals surface area contributed by atoms with Gasteiger partial charge in [0.05, 0.1) is 12.0 Å². The summed E-state index contributed by atoms with van der Waals surface area (Å²) in [7, 11) is 0. The second kappa shape index (κ2) is 7.25. The molecule has 0 N–H and O–H groups in total. The largest absolute Gasteiger partial charge is 0.350 e. The molecule has 0 aromatic heterocycles. The molecule has 2 aliphatic rings. The summed E-state index contributed by atoms with van der Waals surface area (Å²) in [5.74, 6) is 0.224. The topological polar surface area (TPSA) is 38.8 Å². The molecule has 2 fully saturated rings. The standard InChI is InChI=1S/C18H25NO3/c1-14-16(11-7-10-15-8-3-2-4-9-15)18(20)19(14)22-17-12-5-6-13-21-17/h2-4,8-9,14,16-17H,5-7,10-13H2,1H3/t14-,16+,17?/m0/s1. The molecule has 1 unspecified atom stereocenters. The zero-order chi connectivity index (χ0) is 15.4. The first-order chi connectivity index (χ1) is 10.8. The minimum atomic E-state index is -0.231. The molecule has 4 nitrogen and oxygen atoms in total. The first-order valence-electron chi connectivity index (χ1n) is 8.41. The number of aryl methyl sites for hydroxylation is 1. The predicted octanol–water partition coefficient (Wildman–Crippen LogP) is 3.31. The molecule has 1 aromatic rings. The highest BCUT2D eigenvalue weighted by atomic mass is 16.8. The maximum atomic E-state index is 12.2. The van der Waals surface area contributed by atoms with Crippen LogP contribution in [0.15, 0.2) is 30.3 Å². The van der Waals surface area contributed by atoms with E-state index in [1.54, 1.807) is 0 Å². The number of rotatable bonds is 6. The van der Waals surface area contributed by atoms with Crippen LogP contribution in [0.4, 0.5) is 0 Å². The van der Waals surface area contributed by atoms with Crippen LogP contribution in [0.1, 0.15) is 44.6 Å². The number of carbonyl (C=O) groups is 1. The molecular formula is C18H25NO3. The first-order valence-corrected chi connectivity index (χ1v) is 8.41. The second-order valence-corrected chi connectivity index (χ2v) is 6.29. The molecule has 22 heavy (non-hydrogen) atoms. The second-order valence-electron chi connectivity index (χ2n) is 6.29. The molecule has 2 heterocycles. The van der Waals surface area contributed by atoms with Crippen LogP contribution >= 0.6 is 0 Å².